The first kappa shape index (κ1) is 10.1. The van der Waals surface area contributed by atoms with Crippen LogP contribution in [0.1, 0.15) is 39.0 Å². The van der Waals surface area contributed by atoms with Crippen molar-refractivity contribution in [3.05, 3.63) is 29.7 Å². The van der Waals surface area contributed by atoms with Crippen LogP contribution in [-0.2, 0) is 11.8 Å². The molecule has 15 heavy (non-hydrogen) atoms. The SMILES string of the molecule is CCc1c(C(C)(C)C)cc2nccnn12. The van der Waals surface area contributed by atoms with E-state index in [1.807, 2.05) is 4.52 Å². The molecule has 0 fully saturated rings. The molecule has 0 N–H and O–H groups in total. The summed E-state index contributed by atoms with van der Waals surface area (Å²) >= 11 is 0. The average molecular weight is 203 g/mol. The van der Waals surface area contributed by atoms with Crippen molar-refractivity contribution in [2.45, 2.75) is 39.5 Å². The fourth-order valence-electron chi connectivity index (χ4n) is 1.94. The first-order valence-electron chi connectivity index (χ1n) is 5.36. The molecule has 0 saturated carbocycles. The number of fused-ring (bicyclic) bond motifs is 1. The van der Waals surface area contributed by atoms with Crippen LogP contribution in [0.5, 0.6) is 0 Å². The van der Waals surface area contributed by atoms with Gasteiger partial charge in [0, 0.05) is 11.9 Å². The van der Waals surface area contributed by atoms with Crippen LogP contribution < -0.4 is 0 Å². The molecule has 0 saturated heterocycles. The van der Waals surface area contributed by atoms with E-state index in [1.165, 1.54) is 11.3 Å². The zero-order chi connectivity index (χ0) is 11.1. The van der Waals surface area contributed by atoms with Gasteiger partial charge in [-0.3, -0.25) is 0 Å². The summed E-state index contributed by atoms with van der Waals surface area (Å²) in [7, 11) is 0. The zero-order valence-corrected chi connectivity index (χ0v) is 9.78. The maximum atomic E-state index is 4.34. The second-order valence-electron chi connectivity index (χ2n) is 4.82. The summed E-state index contributed by atoms with van der Waals surface area (Å²) in [5.74, 6) is 0. The quantitative estimate of drug-likeness (QED) is 0.713. The van der Waals surface area contributed by atoms with Crippen LogP contribution >= 0.6 is 0 Å². The van der Waals surface area contributed by atoms with Gasteiger partial charge in [0.05, 0.1) is 6.20 Å². The number of nitrogens with zero attached hydrogens (tertiary/aromatic N) is 3. The lowest BCUT2D eigenvalue weighted by atomic mass is 9.86. The Hall–Kier alpha value is -1.38. The molecule has 2 aromatic rings. The lowest BCUT2D eigenvalue weighted by Crippen LogP contribution is -2.13. The van der Waals surface area contributed by atoms with Crippen molar-refractivity contribution in [2.75, 3.05) is 0 Å². The minimum Gasteiger partial charge on any atom is -0.235 e. The molecule has 2 rings (SSSR count). The van der Waals surface area contributed by atoms with Crippen molar-refractivity contribution in [2.24, 2.45) is 0 Å². The van der Waals surface area contributed by atoms with Crippen molar-refractivity contribution < 1.29 is 0 Å². The number of aryl methyl sites for hydroxylation is 1. The van der Waals surface area contributed by atoms with Gasteiger partial charge in [0.15, 0.2) is 5.65 Å². The Morgan fingerprint density at radius 3 is 2.60 bits per heavy atom. The van der Waals surface area contributed by atoms with Gasteiger partial charge in [-0.2, -0.15) is 5.10 Å². The molecule has 3 nitrogen and oxygen atoms in total. The highest BCUT2D eigenvalue weighted by Crippen LogP contribution is 2.28. The molecule has 80 valence electrons. The van der Waals surface area contributed by atoms with E-state index >= 15 is 0 Å². The summed E-state index contributed by atoms with van der Waals surface area (Å²) in [5.41, 5.74) is 3.71. The van der Waals surface area contributed by atoms with Crippen LogP contribution in [0.3, 0.4) is 0 Å². The third-order valence-corrected chi connectivity index (χ3v) is 2.66. The number of aromatic nitrogens is 3. The summed E-state index contributed by atoms with van der Waals surface area (Å²) in [5, 5.41) is 4.34. The molecule has 2 heterocycles. The van der Waals surface area contributed by atoms with Gasteiger partial charge in [0.1, 0.15) is 0 Å². The van der Waals surface area contributed by atoms with Crippen molar-refractivity contribution in [1.29, 1.82) is 0 Å². The lowest BCUT2D eigenvalue weighted by molar-refractivity contribution is 0.580. The van der Waals surface area contributed by atoms with Crippen LogP contribution in [-0.4, -0.2) is 14.6 Å². The monoisotopic (exact) mass is 203 g/mol. The molecule has 0 aliphatic rings. The molecular formula is C12H17N3. The highest BCUT2D eigenvalue weighted by Gasteiger charge is 2.21. The molecule has 0 aromatic carbocycles. The molecule has 0 atom stereocenters. The van der Waals surface area contributed by atoms with Crippen molar-refractivity contribution >= 4 is 5.65 Å². The molecule has 0 aliphatic carbocycles. The maximum Gasteiger partial charge on any atom is 0.153 e. The summed E-state index contributed by atoms with van der Waals surface area (Å²) < 4.78 is 1.95. The predicted octanol–water partition coefficient (Wildman–Crippen LogP) is 2.59. The molecule has 0 bridgehead atoms. The summed E-state index contributed by atoms with van der Waals surface area (Å²) in [6, 6.07) is 2.14. The second-order valence-corrected chi connectivity index (χ2v) is 4.82. The Kier molecular flexibility index (Phi) is 2.25. The highest BCUT2D eigenvalue weighted by atomic mass is 15.2. The van der Waals surface area contributed by atoms with Crippen molar-refractivity contribution in [1.82, 2.24) is 14.6 Å². The molecule has 0 amide bonds. The first-order valence-corrected chi connectivity index (χ1v) is 5.36. The number of hydrogen-bond donors (Lipinski definition) is 0. The van der Waals surface area contributed by atoms with E-state index in [1.54, 1.807) is 12.4 Å². The minimum atomic E-state index is 0.153. The van der Waals surface area contributed by atoms with Crippen LogP contribution in [0.25, 0.3) is 5.65 Å². The van der Waals surface area contributed by atoms with E-state index in [0.717, 1.165) is 12.1 Å². The van der Waals surface area contributed by atoms with E-state index in [4.69, 9.17) is 0 Å². The van der Waals surface area contributed by atoms with Crippen molar-refractivity contribution in [3.63, 3.8) is 0 Å². The third-order valence-electron chi connectivity index (χ3n) is 2.66. The average Bonchev–Trinajstić information content (AvgIpc) is 2.55. The molecule has 0 aliphatic heterocycles. The van der Waals surface area contributed by atoms with Gasteiger partial charge < -0.3 is 0 Å². The molecule has 0 radical (unpaired) electrons. The fraction of sp³-hybridized carbons (Fsp3) is 0.500. The largest absolute Gasteiger partial charge is 0.235 e. The molecule has 0 unspecified atom stereocenters. The Bertz CT molecular complexity index is 477. The summed E-state index contributed by atoms with van der Waals surface area (Å²) in [6.07, 6.45) is 4.46. The van der Waals surface area contributed by atoms with Crippen LogP contribution in [0, 0.1) is 0 Å². The molecular weight excluding hydrogens is 186 g/mol. The lowest BCUT2D eigenvalue weighted by Gasteiger charge is -2.18. The van der Waals surface area contributed by atoms with Gasteiger partial charge in [-0.05, 0) is 23.5 Å². The van der Waals surface area contributed by atoms with Crippen LogP contribution in [0.15, 0.2) is 18.5 Å². The summed E-state index contributed by atoms with van der Waals surface area (Å²) in [4.78, 5) is 4.32. The van der Waals surface area contributed by atoms with Gasteiger partial charge in [-0.1, -0.05) is 27.7 Å². The smallest absolute Gasteiger partial charge is 0.153 e. The normalized spacial score (nSPS) is 12.3. The highest BCUT2D eigenvalue weighted by molar-refractivity contribution is 5.48. The van der Waals surface area contributed by atoms with Crippen molar-refractivity contribution in [3.8, 4) is 0 Å². The fourth-order valence-corrected chi connectivity index (χ4v) is 1.94. The van der Waals surface area contributed by atoms with Gasteiger partial charge in [0.2, 0.25) is 0 Å². The van der Waals surface area contributed by atoms with E-state index in [0.29, 0.717) is 0 Å². The van der Waals surface area contributed by atoms with Crippen LogP contribution in [0.4, 0.5) is 0 Å². The Balaban J connectivity index is 2.75. The second kappa shape index (κ2) is 3.33. The van der Waals surface area contributed by atoms with E-state index in [9.17, 15) is 0 Å². The Labute approximate surface area is 90.1 Å². The Morgan fingerprint density at radius 1 is 1.27 bits per heavy atom. The molecule has 3 heteroatoms. The number of hydrogen-bond acceptors (Lipinski definition) is 2. The first-order chi connectivity index (χ1) is 7.04. The van der Waals surface area contributed by atoms with E-state index in [-0.39, 0.29) is 5.41 Å². The van der Waals surface area contributed by atoms with Gasteiger partial charge >= 0.3 is 0 Å². The maximum absolute atomic E-state index is 4.34. The van der Waals surface area contributed by atoms with Gasteiger partial charge in [-0.15, -0.1) is 0 Å². The minimum absolute atomic E-state index is 0.153. The topological polar surface area (TPSA) is 30.2 Å². The molecule has 2 aromatic heterocycles. The van der Waals surface area contributed by atoms with Crippen LogP contribution in [0.2, 0.25) is 0 Å². The number of rotatable bonds is 1. The van der Waals surface area contributed by atoms with E-state index < -0.39 is 0 Å². The summed E-state index contributed by atoms with van der Waals surface area (Å²) in [6.45, 7) is 8.83. The van der Waals surface area contributed by atoms with E-state index in [2.05, 4.69) is 43.8 Å². The standard InChI is InChI=1S/C12H17N3/c1-5-10-9(12(2,3)4)8-11-13-6-7-14-15(10)11/h6-8H,5H2,1-4H3. The third kappa shape index (κ3) is 1.62. The van der Waals surface area contributed by atoms with Gasteiger partial charge in [0.25, 0.3) is 0 Å². The van der Waals surface area contributed by atoms with Gasteiger partial charge in [-0.25, -0.2) is 9.50 Å². The zero-order valence-electron chi connectivity index (χ0n) is 9.78. The molecule has 0 spiro atoms. The predicted molar refractivity (Wildman–Crippen MR) is 61.1 cm³/mol. The Morgan fingerprint density at radius 2 is 2.00 bits per heavy atom.